The zero-order chi connectivity index (χ0) is 28.5. The van der Waals surface area contributed by atoms with Gasteiger partial charge in [0.2, 0.25) is 10.0 Å². The van der Waals surface area contributed by atoms with E-state index in [1.807, 2.05) is 35.2 Å². The summed E-state index contributed by atoms with van der Waals surface area (Å²) in [6.45, 7) is 1.04. The van der Waals surface area contributed by atoms with Crippen LogP contribution >= 0.6 is 11.8 Å². The van der Waals surface area contributed by atoms with Crippen molar-refractivity contribution in [1.29, 1.82) is 0 Å². The van der Waals surface area contributed by atoms with Gasteiger partial charge in [-0.3, -0.25) is 4.90 Å². The number of hydrogen-bond donors (Lipinski definition) is 3. The van der Waals surface area contributed by atoms with Crippen molar-refractivity contribution in [2.45, 2.75) is 44.4 Å². The van der Waals surface area contributed by atoms with Crippen LogP contribution in [0.5, 0.6) is 0 Å². The average Bonchev–Trinajstić information content (AvgIpc) is 2.85. The number of benzene rings is 2. The first-order valence-electron chi connectivity index (χ1n) is 11.8. The second-order valence-corrected chi connectivity index (χ2v) is 13.8. The molecule has 0 aromatic heterocycles. The van der Waals surface area contributed by atoms with Crippen LogP contribution in [0, 0.1) is 0 Å². The van der Waals surface area contributed by atoms with Gasteiger partial charge >= 0.3 is 5.51 Å². The maximum atomic E-state index is 13.5. The van der Waals surface area contributed by atoms with Crippen molar-refractivity contribution in [3.05, 3.63) is 48.5 Å². The molecule has 2 aromatic carbocycles. The first kappa shape index (κ1) is 30.0. The molecule has 0 saturated carbocycles. The van der Waals surface area contributed by atoms with Crippen LogP contribution in [0.2, 0.25) is 0 Å². The van der Waals surface area contributed by atoms with Gasteiger partial charge in [0.05, 0.1) is 43.1 Å². The minimum absolute atomic E-state index is 0.0311. The van der Waals surface area contributed by atoms with Crippen molar-refractivity contribution < 1.29 is 44.6 Å². The SMILES string of the molecule is NS(=O)(=O)c1ccc(N[C@H](CCN2C3COCC2(O)COC3)CSc2ccccc2)c(S(=O)(=O)C(F)(F)F)c1. The molecule has 0 amide bonds. The lowest BCUT2D eigenvalue weighted by Crippen LogP contribution is -2.68. The van der Waals surface area contributed by atoms with E-state index < -0.39 is 52.6 Å². The summed E-state index contributed by atoms with van der Waals surface area (Å²) in [5.41, 5.74) is -7.45. The second-order valence-electron chi connectivity index (χ2n) is 9.27. The third-order valence-corrected chi connectivity index (χ3v) is 10.0. The second kappa shape index (κ2) is 11.5. The number of nitrogens with two attached hydrogens (primary N) is 1. The zero-order valence-corrected chi connectivity index (χ0v) is 23.0. The minimum atomic E-state index is -5.93. The molecule has 39 heavy (non-hydrogen) atoms. The van der Waals surface area contributed by atoms with Crippen molar-refractivity contribution >= 4 is 37.3 Å². The van der Waals surface area contributed by atoms with Gasteiger partial charge in [0.25, 0.3) is 9.84 Å². The molecule has 216 valence electrons. The van der Waals surface area contributed by atoms with Gasteiger partial charge in [-0.15, -0.1) is 11.8 Å². The van der Waals surface area contributed by atoms with Crippen LogP contribution in [-0.4, -0.2) is 88.9 Å². The van der Waals surface area contributed by atoms with E-state index in [0.29, 0.717) is 38.0 Å². The molecular formula is C23H28F3N3O7S3. The van der Waals surface area contributed by atoms with E-state index in [1.165, 1.54) is 11.8 Å². The molecule has 0 radical (unpaired) electrons. The van der Waals surface area contributed by atoms with E-state index >= 15 is 0 Å². The molecule has 0 aliphatic carbocycles. The number of morpholine rings is 2. The van der Waals surface area contributed by atoms with E-state index in [-0.39, 0.29) is 19.3 Å². The molecule has 4 rings (SSSR count). The van der Waals surface area contributed by atoms with Gasteiger partial charge in [-0.2, -0.15) is 13.2 Å². The molecule has 2 aliphatic rings. The summed E-state index contributed by atoms with van der Waals surface area (Å²) >= 11 is 1.40. The number of aliphatic hydroxyl groups is 1. The maximum Gasteiger partial charge on any atom is 0.501 e. The van der Waals surface area contributed by atoms with Gasteiger partial charge in [-0.1, -0.05) is 18.2 Å². The quantitative estimate of drug-likeness (QED) is 0.341. The van der Waals surface area contributed by atoms with Crippen molar-refractivity contribution in [1.82, 2.24) is 4.90 Å². The van der Waals surface area contributed by atoms with Crippen LogP contribution in [0.25, 0.3) is 0 Å². The highest BCUT2D eigenvalue weighted by Crippen LogP contribution is 2.37. The molecule has 10 nitrogen and oxygen atoms in total. The molecular weight excluding hydrogens is 583 g/mol. The number of nitrogens with zero attached hydrogens (tertiary/aromatic N) is 1. The van der Waals surface area contributed by atoms with Crippen molar-refractivity contribution in [2.75, 3.05) is 44.0 Å². The van der Waals surface area contributed by atoms with E-state index in [4.69, 9.17) is 14.6 Å². The Balaban J connectivity index is 1.64. The molecule has 0 unspecified atom stereocenters. The van der Waals surface area contributed by atoms with E-state index in [2.05, 4.69) is 5.32 Å². The number of primary sulfonamides is 1. The van der Waals surface area contributed by atoms with Gasteiger partial charge in [0.1, 0.15) is 4.90 Å². The first-order chi connectivity index (χ1) is 18.2. The highest BCUT2D eigenvalue weighted by Gasteiger charge is 2.49. The summed E-state index contributed by atoms with van der Waals surface area (Å²) in [4.78, 5) is 0.701. The van der Waals surface area contributed by atoms with Crippen LogP contribution in [0.3, 0.4) is 0 Å². The lowest BCUT2D eigenvalue weighted by atomic mass is 10.0. The van der Waals surface area contributed by atoms with Gasteiger partial charge < -0.3 is 19.9 Å². The summed E-state index contributed by atoms with van der Waals surface area (Å²) in [5.74, 6) is 0.316. The highest BCUT2D eigenvalue weighted by atomic mass is 32.2. The van der Waals surface area contributed by atoms with Crippen molar-refractivity contribution in [3.63, 3.8) is 0 Å². The third-order valence-electron chi connectivity index (χ3n) is 6.41. The van der Waals surface area contributed by atoms with Crippen molar-refractivity contribution in [3.8, 4) is 0 Å². The van der Waals surface area contributed by atoms with Crippen LogP contribution < -0.4 is 10.5 Å². The molecule has 0 spiro atoms. The van der Waals surface area contributed by atoms with E-state index in [1.54, 1.807) is 0 Å². The topological polar surface area (TPSA) is 148 Å². The number of sulfone groups is 1. The molecule has 2 bridgehead atoms. The Bertz CT molecular complexity index is 1370. The highest BCUT2D eigenvalue weighted by molar-refractivity contribution is 7.99. The number of ether oxygens (including phenoxy) is 2. The summed E-state index contributed by atoms with van der Waals surface area (Å²) in [6, 6.07) is 10.7. The Hall–Kier alpha value is -1.92. The summed E-state index contributed by atoms with van der Waals surface area (Å²) in [5, 5.41) is 18.9. The Kier molecular flexibility index (Phi) is 8.88. The summed E-state index contributed by atoms with van der Waals surface area (Å²) in [6.07, 6.45) is 0.293. The number of alkyl halides is 3. The molecule has 16 heteroatoms. The molecule has 2 saturated heterocycles. The molecule has 2 fully saturated rings. The summed E-state index contributed by atoms with van der Waals surface area (Å²) in [7, 11) is -10.4. The number of nitrogens with one attached hydrogen (secondary N) is 1. The van der Waals surface area contributed by atoms with Crippen LogP contribution in [0.15, 0.2) is 63.2 Å². The maximum absolute atomic E-state index is 13.5. The Morgan fingerprint density at radius 1 is 1.10 bits per heavy atom. The van der Waals surface area contributed by atoms with Crippen molar-refractivity contribution in [2.24, 2.45) is 5.14 Å². The average molecular weight is 612 g/mol. The largest absolute Gasteiger partial charge is 0.501 e. The summed E-state index contributed by atoms with van der Waals surface area (Å²) < 4.78 is 100.0. The van der Waals surface area contributed by atoms with Crippen LogP contribution in [0.4, 0.5) is 18.9 Å². The predicted molar refractivity (Wildman–Crippen MR) is 137 cm³/mol. The third kappa shape index (κ3) is 6.87. The zero-order valence-electron chi connectivity index (χ0n) is 20.5. The number of rotatable bonds is 10. The number of thioether (sulfide) groups is 1. The van der Waals surface area contributed by atoms with E-state index in [9.17, 15) is 35.1 Å². The standard InChI is InChI=1S/C23H28F3N3O7S3/c24-23(25,26)38(31,32)21-10-19(39(27,33)34)6-7-20(21)28-16(13-37-18-4-2-1-3-5-18)8-9-29-17-11-35-14-22(29,30)15-36-12-17/h1-7,10,16-17,28,30H,8-9,11-15H2,(H2,27,33,34)/t16-,17?,22?/m1/s1. The van der Waals surface area contributed by atoms with Gasteiger partial charge in [-0.05, 0) is 36.8 Å². The van der Waals surface area contributed by atoms with E-state index in [0.717, 1.165) is 17.0 Å². The minimum Gasteiger partial charge on any atom is -0.380 e. The Morgan fingerprint density at radius 2 is 1.74 bits per heavy atom. The molecule has 1 atom stereocenters. The lowest BCUT2D eigenvalue weighted by molar-refractivity contribution is -0.273. The van der Waals surface area contributed by atoms with Gasteiger partial charge in [0, 0.05) is 23.2 Å². The van der Waals surface area contributed by atoms with Gasteiger partial charge in [0.15, 0.2) is 5.72 Å². The number of halogens is 3. The van der Waals surface area contributed by atoms with Gasteiger partial charge in [-0.25, -0.2) is 22.0 Å². The monoisotopic (exact) mass is 611 g/mol. The first-order valence-corrected chi connectivity index (χ1v) is 15.8. The molecule has 2 aromatic rings. The number of anilines is 1. The van der Waals surface area contributed by atoms with Crippen LogP contribution in [-0.2, 0) is 29.3 Å². The lowest BCUT2D eigenvalue weighted by Gasteiger charge is -2.51. The molecule has 2 aliphatic heterocycles. The fraction of sp³-hybridized carbons (Fsp3) is 0.478. The normalized spacial score (nSPS) is 23.4. The Morgan fingerprint density at radius 3 is 2.31 bits per heavy atom. The smallest absolute Gasteiger partial charge is 0.380 e. The molecule has 4 N–H and O–H groups in total. The fourth-order valence-corrected chi connectivity index (χ4v) is 7.01. The molecule has 2 heterocycles. The predicted octanol–water partition coefficient (Wildman–Crippen LogP) is 2.01. The number of hydrogen-bond acceptors (Lipinski definition) is 10. The van der Waals surface area contributed by atoms with Crippen LogP contribution in [0.1, 0.15) is 6.42 Å². The number of fused-ring (bicyclic) bond motifs is 2. The number of sulfonamides is 1. The fourth-order valence-electron chi connectivity index (χ4n) is 4.45. The Labute approximate surface area is 228 Å².